The lowest BCUT2D eigenvalue weighted by Gasteiger charge is -2.33. The number of likely N-dealkylation sites (tertiary alicyclic amines) is 1. The standard InChI is InChI=1S/C20H25N3O4S/c1-20(2,3)27-19(26)23-10-8-13(9-11-23)21-18-22-16(12-28-18)14-6-4-5-7-15(14)17(24)25/h4-7,12-13H,8-11H2,1-3H3,(H,21,22)(H,24,25). The van der Waals surface area contributed by atoms with Crippen molar-refractivity contribution in [2.75, 3.05) is 18.4 Å². The summed E-state index contributed by atoms with van der Waals surface area (Å²) in [6.07, 6.45) is 1.34. The third kappa shape index (κ3) is 5.01. The Balaban J connectivity index is 1.59. The van der Waals surface area contributed by atoms with Gasteiger partial charge in [0.25, 0.3) is 0 Å². The number of nitrogens with zero attached hydrogens (tertiary/aromatic N) is 2. The maximum atomic E-state index is 12.2. The van der Waals surface area contributed by atoms with Gasteiger partial charge in [0.05, 0.1) is 11.3 Å². The van der Waals surface area contributed by atoms with E-state index >= 15 is 0 Å². The molecule has 2 heterocycles. The number of hydrogen-bond acceptors (Lipinski definition) is 6. The van der Waals surface area contributed by atoms with Crippen molar-refractivity contribution >= 4 is 28.5 Å². The number of piperidine rings is 1. The van der Waals surface area contributed by atoms with E-state index in [1.54, 1.807) is 29.2 Å². The van der Waals surface area contributed by atoms with E-state index in [4.69, 9.17) is 4.74 Å². The van der Waals surface area contributed by atoms with Crippen LogP contribution in [0.1, 0.15) is 44.0 Å². The number of thiazole rings is 1. The first-order valence-electron chi connectivity index (χ1n) is 9.25. The smallest absolute Gasteiger partial charge is 0.410 e. The van der Waals surface area contributed by atoms with E-state index in [2.05, 4.69) is 10.3 Å². The summed E-state index contributed by atoms with van der Waals surface area (Å²) in [6.45, 7) is 6.85. The zero-order valence-electron chi connectivity index (χ0n) is 16.3. The molecule has 0 spiro atoms. The van der Waals surface area contributed by atoms with Crippen molar-refractivity contribution in [2.24, 2.45) is 0 Å². The van der Waals surface area contributed by atoms with E-state index in [0.29, 0.717) is 24.3 Å². The molecule has 150 valence electrons. The number of carbonyl (C=O) groups is 2. The monoisotopic (exact) mass is 403 g/mol. The maximum Gasteiger partial charge on any atom is 0.410 e. The third-order valence-corrected chi connectivity index (χ3v) is 5.19. The molecule has 0 saturated carbocycles. The van der Waals surface area contributed by atoms with Crippen LogP contribution in [-0.4, -0.2) is 51.8 Å². The van der Waals surface area contributed by atoms with E-state index in [1.165, 1.54) is 11.3 Å². The summed E-state index contributed by atoms with van der Waals surface area (Å²) in [5, 5.41) is 15.4. The number of ether oxygens (including phenoxy) is 1. The molecule has 2 aromatic rings. The molecule has 1 aliphatic rings. The highest BCUT2D eigenvalue weighted by molar-refractivity contribution is 7.14. The summed E-state index contributed by atoms with van der Waals surface area (Å²) in [6, 6.07) is 7.07. The normalized spacial score (nSPS) is 15.3. The average Bonchev–Trinajstić information content (AvgIpc) is 3.09. The molecular formula is C20H25N3O4S. The molecule has 8 heteroatoms. The minimum Gasteiger partial charge on any atom is -0.478 e. The van der Waals surface area contributed by atoms with Gasteiger partial charge in [-0.15, -0.1) is 11.3 Å². The van der Waals surface area contributed by atoms with Gasteiger partial charge in [-0.3, -0.25) is 0 Å². The number of aromatic nitrogens is 1. The van der Waals surface area contributed by atoms with Crippen LogP contribution < -0.4 is 5.32 Å². The Labute approximate surface area is 168 Å². The largest absolute Gasteiger partial charge is 0.478 e. The lowest BCUT2D eigenvalue weighted by Crippen LogP contribution is -2.44. The number of carboxylic acids is 1. The molecule has 3 rings (SSSR count). The van der Waals surface area contributed by atoms with Crippen LogP contribution in [0.4, 0.5) is 9.93 Å². The molecule has 1 aromatic heterocycles. The predicted octanol–water partition coefficient (Wildman–Crippen LogP) is 4.32. The van der Waals surface area contributed by atoms with Gasteiger partial charge in [-0.1, -0.05) is 18.2 Å². The van der Waals surface area contributed by atoms with Crippen molar-refractivity contribution in [2.45, 2.75) is 45.3 Å². The number of amides is 1. The van der Waals surface area contributed by atoms with Crippen molar-refractivity contribution in [3.05, 3.63) is 35.2 Å². The van der Waals surface area contributed by atoms with Crippen LogP contribution >= 0.6 is 11.3 Å². The van der Waals surface area contributed by atoms with Gasteiger partial charge in [0.2, 0.25) is 0 Å². The molecule has 1 saturated heterocycles. The number of aromatic carboxylic acids is 1. The first-order valence-corrected chi connectivity index (χ1v) is 10.1. The lowest BCUT2D eigenvalue weighted by molar-refractivity contribution is 0.0210. The molecule has 1 aromatic carbocycles. The van der Waals surface area contributed by atoms with Gasteiger partial charge in [-0.05, 0) is 39.7 Å². The summed E-state index contributed by atoms with van der Waals surface area (Å²) in [4.78, 5) is 29.9. The minimum absolute atomic E-state index is 0.215. The topological polar surface area (TPSA) is 91.8 Å². The molecule has 2 N–H and O–H groups in total. The summed E-state index contributed by atoms with van der Waals surface area (Å²) >= 11 is 1.45. The summed E-state index contributed by atoms with van der Waals surface area (Å²) in [5.41, 5.74) is 1.01. The molecule has 0 radical (unpaired) electrons. The number of rotatable bonds is 4. The van der Waals surface area contributed by atoms with Crippen molar-refractivity contribution in [3.8, 4) is 11.3 Å². The second-order valence-electron chi connectivity index (χ2n) is 7.77. The van der Waals surface area contributed by atoms with Crippen LogP contribution in [0.15, 0.2) is 29.6 Å². The highest BCUT2D eigenvalue weighted by atomic mass is 32.1. The Hall–Kier alpha value is -2.61. The highest BCUT2D eigenvalue weighted by Gasteiger charge is 2.27. The molecule has 0 unspecified atom stereocenters. The van der Waals surface area contributed by atoms with Crippen LogP contribution in [0.2, 0.25) is 0 Å². The van der Waals surface area contributed by atoms with Crippen LogP contribution in [0.25, 0.3) is 11.3 Å². The quantitative estimate of drug-likeness (QED) is 0.790. The van der Waals surface area contributed by atoms with Crippen LogP contribution in [-0.2, 0) is 4.74 Å². The Morgan fingerprint density at radius 1 is 1.25 bits per heavy atom. The number of hydrogen-bond donors (Lipinski definition) is 2. The molecule has 7 nitrogen and oxygen atoms in total. The Morgan fingerprint density at radius 2 is 1.93 bits per heavy atom. The third-order valence-electron chi connectivity index (χ3n) is 4.41. The van der Waals surface area contributed by atoms with E-state index in [-0.39, 0.29) is 17.7 Å². The lowest BCUT2D eigenvalue weighted by atomic mass is 10.1. The SMILES string of the molecule is CC(C)(C)OC(=O)N1CCC(Nc2nc(-c3ccccc3C(=O)O)cs2)CC1. The van der Waals surface area contributed by atoms with Gasteiger partial charge >= 0.3 is 12.1 Å². The van der Waals surface area contributed by atoms with Crippen molar-refractivity contribution in [3.63, 3.8) is 0 Å². The molecule has 1 aliphatic heterocycles. The fourth-order valence-electron chi connectivity index (χ4n) is 3.06. The predicted molar refractivity (Wildman–Crippen MR) is 109 cm³/mol. The van der Waals surface area contributed by atoms with Gasteiger partial charge in [-0.25, -0.2) is 14.6 Å². The second kappa shape index (κ2) is 8.18. The zero-order chi connectivity index (χ0) is 20.3. The van der Waals surface area contributed by atoms with E-state index < -0.39 is 11.6 Å². The molecule has 0 bridgehead atoms. The average molecular weight is 404 g/mol. The summed E-state index contributed by atoms with van der Waals surface area (Å²) in [7, 11) is 0. The maximum absolute atomic E-state index is 12.2. The van der Waals surface area contributed by atoms with Gasteiger partial charge in [-0.2, -0.15) is 0 Å². The van der Waals surface area contributed by atoms with Gasteiger partial charge in [0.1, 0.15) is 5.60 Å². The first kappa shape index (κ1) is 20.1. The zero-order valence-corrected chi connectivity index (χ0v) is 17.1. The van der Waals surface area contributed by atoms with Gasteiger partial charge in [0, 0.05) is 30.1 Å². The fourth-order valence-corrected chi connectivity index (χ4v) is 3.85. The summed E-state index contributed by atoms with van der Waals surface area (Å²) in [5.74, 6) is -0.965. The number of carbonyl (C=O) groups excluding carboxylic acids is 1. The Bertz CT molecular complexity index is 851. The van der Waals surface area contributed by atoms with Crippen LogP contribution in [0, 0.1) is 0 Å². The molecule has 1 amide bonds. The second-order valence-corrected chi connectivity index (χ2v) is 8.63. The Kier molecular flexibility index (Phi) is 5.88. The van der Waals surface area contributed by atoms with Crippen molar-refractivity contribution in [1.29, 1.82) is 0 Å². The molecule has 0 atom stereocenters. The minimum atomic E-state index is -0.965. The van der Waals surface area contributed by atoms with Crippen molar-refractivity contribution < 1.29 is 19.4 Å². The number of anilines is 1. The molecule has 0 aliphatic carbocycles. The van der Waals surface area contributed by atoms with Gasteiger partial charge in [0.15, 0.2) is 5.13 Å². The van der Waals surface area contributed by atoms with Crippen LogP contribution in [0.3, 0.4) is 0 Å². The molecule has 1 fully saturated rings. The van der Waals surface area contributed by atoms with E-state index in [0.717, 1.165) is 18.0 Å². The van der Waals surface area contributed by atoms with E-state index in [9.17, 15) is 14.7 Å². The van der Waals surface area contributed by atoms with E-state index in [1.807, 2.05) is 26.2 Å². The molecular weight excluding hydrogens is 378 g/mol. The van der Waals surface area contributed by atoms with Crippen LogP contribution in [0.5, 0.6) is 0 Å². The first-order chi connectivity index (χ1) is 13.2. The summed E-state index contributed by atoms with van der Waals surface area (Å²) < 4.78 is 5.42. The number of benzene rings is 1. The Morgan fingerprint density at radius 3 is 2.57 bits per heavy atom. The number of nitrogens with one attached hydrogen (secondary N) is 1. The van der Waals surface area contributed by atoms with Crippen molar-refractivity contribution in [1.82, 2.24) is 9.88 Å². The number of carboxylic acid groups (broad SMARTS) is 1. The fraction of sp³-hybridized carbons (Fsp3) is 0.450. The molecule has 28 heavy (non-hydrogen) atoms. The highest BCUT2D eigenvalue weighted by Crippen LogP contribution is 2.29. The van der Waals surface area contributed by atoms with Gasteiger partial charge < -0.3 is 20.1 Å².